The van der Waals surface area contributed by atoms with E-state index < -0.39 is 6.10 Å². The molecule has 1 unspecified atom stereocenters. The third kappa shape index (κ3) is 3.25. The summed E-state index contributed by atoms with van der Waals surface area (Å²) in [7, 11) is 0. The number of nitrogens with one attached hydrogen (secondary N) is 1. The summed E-state index contributed by atoms with van der Waals surface area (Å²) in [4.78, 5) is 13.5. The van der Waals surface area contributed by atoms with Crippen LogP contribution >= 0.6 is 0 Å². The first kappa shape index (κ1) is 11.4. The van der Waals surface area contributed by atoms with Crippen molar-refractivity contribution < 1.29 is 14.6 Å². The molecule has 1 aliphatic heterocycles. The number of aliphatic hydroxyl groups is 1. The largest absolute Gasteiger partial charge is 0.394 e. The van der Waals surface area contributed by atoms with E-state index in [1.165, 1.54) is 0 Å². The minimum absolute atomic E-state index is 0.0138. The Balaban J connectivity index is 2.30. The standard InChI is InChI=1S/C9H18N2O3/c1-8(14-7-6-12)9(13)11-4-2-10-3-5-11/h8,10,12H,2-7H2,1H3. The van der Waals surface area contributed by atoms with Crippen molar-refractivity contribution in [3.8, 4) is 0 Å². The fourth-order valence-electron chi connectivity index (χ4n) is 1.44. The van der Waals surface area contributed by atoms with Gasteiger partial charge in [-0.2, -0.15) is 0 Å². The summed E-state index contributed by atoms with van der Waals surface area (Å²) in [5, 5.41) is 11.7. The maximum absolute atomic E-state index is 11.7. The van der Waals surface area contributed by atoms with Gasteiger partial charge in [-0.05, 0) is 6.92 Å². The molecule has 1 rings (SSSR count). The predicted octanol–water partition coefficient (Wildman–Crippen LogP) is -1.18. The Morgan fingerprint density at radius 2 is 2.21 bits per heavy atom. The van der Waals surface area contributed by atoms with Crippen molar-refractivity contribution in [3.05, 3.63) is 0 Å². The molecule has 5 nitrogen and oxygen atoms in total. The van der Waals surface area contributed by atoms with Gasteiger partial charge in [0, 0.05) is 26.2 Å². The zero-order valence-corrected chi connectivity index (χ0v) is 8.53. The molecule has 0 aromatic heterocycles. The van der Waals surface area contributed by atoms with Crippen molar-refractivity contribution >= 4 is 5.91 Å². The minimum Gasteiger partial charge on any atom is -0.394 e. The molecule has 1 aliphatic rings. The second-order valence-corrected chi connectivity index (χ2v) is 3.31. The van der Waals surface area contributed by atoms with Crippen LogP contribution in [0, 0.1) is 0 Å². The van der Waals surface area contributed by atoms with Gasteiger partial charge in [-0.3, -0.25) is 4.79 Å². The molecule has 0 radical (unpaired) electrons. The van der Waals surface area contributed by atoms with Crippen molar-refractivity contribution in [1.29, 1.82) is 0 Å². The SMILES string of the molecule is CC(OCCO)C(=O)N1CCNCC1. The van der Waals surface area contributed by atoms with E-state index in [4.69, 9.17) is 9.84 Å². The minimum atomic E-state index is -0.444. The fraction of sp³-hybridized carbons (Fsp3) is 0.889. The third-order valence-corrected chi connectivity index (χ3v) is 2.24. The summed E-state index contributed by atoms with van der Waals surface area (Å²) in [6.45, 7) is 5.08. The Labute approximate surface area is 84.0 Å². The number of amides is 1. The van der Waals surface area contributed by atoms with Crippen LogP contribution in [0.5, 0.6) is 0 Å². The van der Waals surface area contributed by atoms with Gasteiger partial charge in [-0.1, -0.05) is 0 Å². The number of carbonyl (C=O) groups excluding carboxylic acids is 1. The van der Waals surface area contributed by atoms with Crippen molar-refractivity contribution in [3.63, 3.8) is 0 Å². The third-order valence-electron chi connectivity index (χ3n) is 2.24. The number of hydrogen-bond acceptors (Lipinski definition) is 4. The van der Waals surface area contributed by atoms with E-state index in [2.05, 4.69) is 5.32 Å². The summed E-state index contributed by atoms with van der Waals surface area (Å²) in [5.41, 5.74) is 0. The molecule has 1 atom stereocenters. The molecular weight excluding hydrogens is 184 g/mol. The van der Waals surface area contributed by atoms with Crippen LogP contribution in [0.2, 0.25) is 0 Å². The van der Waals surface area contributed by atoms with Gasteiger partial charge in [0.2, 0.25) is 0 Å². The van der Waals surface area contributed by atoms with E-state index in [1.807, 2.05) is 0 Å². The highest BCUT2D eigenvalue weighted by Gasteiger charge is 2.21. The normalized spacial score (nSPS) is 19.4. The molecule has 0 saturated carbocycles. The molecule has 0 bridgehead atoms. The molecule has 1 saturated heterocycles. The van der Waals surface area contributed by atoms with Gasteiger partial charge in [0.25, 0.3) is 5.91 Å². The first-order valence-electron chi connectivity index (χ1n) is 4.97. The van der Waals surface area contributed by atoms with Crippen LogP contribution in [-0.4, -0.2) is 61.4 Å². The van der Waals surface area contributed by atoms with Crippen LogP contribution in [0.15, 0.2) is 0 Å². The molecule has 0 aromatic carbocycles. The van der Waals surface area contributed by atoms with Gasteiger partial charge in [0.05, 0.1) is 13.2 Å². The maximum atomic E-state index is 11.7. The van der Waals surface area contributed by atoms with Gasteiger partial charge in [0.15, 0.2) is 0 Å². The topological polar surface area (TPSA) is 61.8 Å². The fourth-order valence-corrected chi connectivity index (χ4v) is 1.44. The van der Waals surface area contributed by atoms with Crippen LogP contribution in [0.3, 0.4) is 0 Å². The van der Waals surface area contributed by atoms with E-state index in [0.29, 0.717) is 0 Å². The van der Waals surface area contributed by atoms with Gasteiger partial charge >= 0.3 is 0 Å². The molecule has 1 heterocycles. The van der Waals surface area contributed by atoms with E-state index in [-0.39, 0.29) is 19.1 Å². The average Bonchev–Trinajstić information content (AvgIpc) is 2.26. The van der Waals surface area contributed by atoms with Crippen LogP contribution in [-0.2, 0) is 9.53 Å². The van der Waals surface area contributed by atoms with Crippen molar-refractivity contribution in [2.75, 3.05) is 39.4 Å². The quantitative estimate of drug-likeness (QED) is 0.602. The molecular formula is C9H18N2O3. The van der Waals surface area contributed by atoms with Crippen molar-refractivity contribution in [1.82, 2.24) is 10.2 Å². The second-order valence-electron chi connectivity index (χ2n) is 3.31. The van der Waals surface area contributed by atoms with Crippen LogP contribution in [0.4, 0.5) is 0 Å². The molecule has 0 aromatic rings. The lowest BCUT2D eigenvalue weighted by Crippen LogP contribution is -2.49. The lowest BCUT2D eigenvalue weighted by atomic mass is 10.3. The molecule has 2 N–H and O–H groups in total. The van der Waals surface area contributed by atoms with Crippen LogP contribution in [0.25, 0.3) is 0 Å². The number of rotatable bonds is 4. The molecule has 5 heteroatoms. The zero-order valence-electron chi connectivity index (χ0n) is 8.53. The number of piperazine rings is 1. The monoisotopic (exact) mass is 202 g/mol. The van der Waals surface area contributed by atoms with E-state index in [9.17, 15) is 4.79 Å². The van der Waals surface area contributed by atoms with Gasteiger partial charge in [0.1, 0.15) is 6.10 Å². The number of hydrogen-bond donors (Lipinski definition) is 2. The first-order chi connectivity index (χ1) is 6.75. The predicted molar refractivity (Wildman–Crippen MR) is 51.9 cm³/mol. The lowest BCUT2D eigenvalue weighted by Gasteiger charge is -2.29. The summed E-state index contributed by atoms with van der Waals surface area (Å²) in [6, 6.07) is 0. The Kier molecular flexibility index (Phi) is 4.86. The molecule has 14 heavy (non-hydrogen) atoms. The summed E-state index contributed by atoms with van der Waals surface area (Å²) in [6.07, 6.45) is -0.444. The number of nitrogens with zero attached hydrogens (tertiary/aromatic N) is 1. The molecule has 82 valence electrons. The summed E-state index contributed by atoms with van der Waals surface area (Å²) >= 11 is 0. The van der Waals surface area contributed by atoms with E-state index in [0.717, 1.165) is 26.2 Å². The molecule has 1 fully saturated rings. The van der Waals surface area contributed by atoms with Crippen LogP contribution in [0.1, 0.15) is 6.92 Å². The van der Waals surface area contributed by atoms with E-state index in [1.54, 1.807) is 11.8 Å². The van der Waals surface area contributed by atoms with Gasteiger partial charge in [-0.25, -0.2) is 0 Å². The van der Waals surface area contributed by atoms with Crippen molar-refractivity contribution in [2.24, 2.45) is 0 Å². The lowest BCUT2D eigenvalue weighted by molar-refractivity contribution is -0.143. The second kappa shape index (κ2) is 5.95. The Morgan fingerprint density at radius 1 is 1.57 bits per heavy atom. The number of ether oxygens (including phenoxy) is 1. The number of carbonyl (C=O) groups is 1. The highest BCUT2D eigenvalue weighted by atomic mass is 16.5. The van der Waals surface area contributed by atoms with Gasteiger partial charge < -0.3 is 20.1 Å². The van der Waals surface area contributed by atoms with E-state index >= 15 is 0 Å². The molecule has 1 amide bonds. The smallest absolute Gasteiger partial charge is 0.251 e. The van der Waals surface area contributed by atoms with Gasteiger partial charge in [-0.15, -0.1) is 0 Å². The summed E-state index contributed by atoms with van der Waals surface area (Å²) < 4.78 is 5.14. The maximum Gasteiger partial charge on any atom is 0.251 e. The first-order valence-corrected chi connectivity index (χ1v) is 4.97. The average molecular weight is 202 g/mol. The summed E-state index contributed by atoms with van der Waals surface area (Å²) in [5.74, 6) is 0.0138. The highest BCUT2D eigenvalue weighted by molar-refractivity contribution is 5.80. The Hall–Kier alpha value is -0.650. The zero-order chi connectivity index (χ0) is 10.4. The number of aliphatic hydroxyl groups excluding tert-OH is 1. The van der Waals surface area contributed by atoms with Crippen LogP contribution < -0.4 is 5.32 Å². The Morgan fingerprint density at radius 3 is 2.79 bits per heavy atom. The molecule has 0 aliphatic carbocycles. The van der Waals surface area contributed by atoms with Crippen molar-refractivity contribution in [2.45, 2.75) is 13.0 Å². The molecule has 0 spiro atoms. The highest BCUT2D eigenvalue weighted by Crippen LogP contribution is 2.00. The Bertz CT molecular complexity index is 181.